The summed E-state index contributed by atoms with van der Waals surface area (Å²) in [4.78, 5) is 13.0. The summed E-state index contributed by atoms with van der Waals surface area (Å²) in [5.74, 6) is 0.641. The monoisotopic (exact) mass is 677 g/mol. The number of para-hydroxylation sites is 4. The summed E-state index contributed by atoms with van der Waals surface area (Å²) >= 11 is 0. The molecule has 0 fully saturated rings. The van der Waals surface area contributed by atoms with Crippen molar-refractivity contribution in [2.45, 2.75) is 0 Å². The van der Waals surface area contributed by atoms with Crippen LogP contribution in [0.3, 0.4) is 0 Å². The van der Waals surface area contributed by atoms with Crippen molar-refractivity contribution in [3.63, 3.8) is 0 Å². The van der Waals surface area contributed by atoms with Gasteiger partial charge in [-0.05, 0) is 66.0 Å². The molecule has 7 aromatic carbocycles. The number of pyridine rings is 1. The molecule has 248 valence electrons. The third-order valence-electron chi connectivity index (χ3n) is 10.5. The quantitative estimate of drug-likeness (QED) is 0.170. The Morgan fingerprint density at radius 1 is 0.377 bits per heavy atom. The highest BCUT2D eigenvalue weighted by atomic mass is 15.2. The van der Waals surface area contributed by atoms with Gasteiger partial charge in [0.25, 0.3) is 0 Å². The Kier molecular flexibility index (Phi) is 6.48. The number of nitrogens with zero attached hydrogens (tertiary/aromatic N) is 5. The number of hydrogen-bond acceptors (Lipinski definition) is 3. The van der Waals surface area contributed by atoms with E-state index in [0.717, 1.165) is 72.2 Å². The van der Waals surface area contributed by atoms with Gasteiger partial charge in [-0.1, -0.05) is 127 Å². The van der Waals surface area contributed by atoms with E-state index in [0.29, 0.717) is 5.95 Å². The second-order valence-electron chi connectivity index (χ2n) is 13.5. The summed E-state index contributed by atoms with van der Waals surface area (Å²) in [7, 11) is 0. The van der Waals surface area contributed by atoms with Gasteiger partial charge in [0, 0.05) is 44.2 Å². The SMILES string of the molecule is c1ccc(-c2nc(-n3c4ccc(N(c5ccccc5)c5ccccc5)cc4c4c3cc3c5ccccc5c5ccccc5n34)nc3ccccc23)cc1. The first-order chi connectivity index (χ1) is 26.3. The molecule has 0 radical (unpaired) electrons. The molecule has 0 atom stereocenters. The van der Waals surface area contributed by atoms with Crippen LogP contribution in [0.25, 0.3) is 77.2 Å². The third kappa shape index (κ3) is 4.51. The highest BCUT2D eigenvalue weighted by molar-refractivity contribution is 6.20. The molecule has 53 heavy (non-hydrogen) atoms. The van der Waals surface area contributed by atoms with Crippen molar-refractivity contribution in [1.82, 2.24) is 18.9 Å². The zero-order valence-electron chi connectivity index (χ0n) is 28.6. The van der Waals surface area contributed by atoms with Crippen LogP contribution in [0.15, 0.2) is 188 Å². The Balaban J connectivity index is 1.30. The van der Waals surface area contributed by atoms with Crippen LogP contribution in [0.2, 0.25) is 0 Å². The van der Waals surface area contributed by atoms with Crippen molar-refractivity contribution in [3.05, 3.63) is 188 Å². The van der Waals surface area contributed by atoms with Crippen molar-refractivity contribution in [1.29, 1.82) is 0 Å². The van der Waals surface area contributed by atoms with E-state index in [-0.39, 0.29) is 0 Å². The molecule has 5 heteroatoms. The van der Waals surface area contributed by atoms with Gasteiger partial charge in [0.2, 0.25) is 5.95 Å². The topological polar surface area (TPSA) is 38.4 Å². The molecule has 0 unspecified atom stereocenters. The van der Waals surface area contributed by atoms with Crippen molar-refractivity contribution >= 4 is 77.1 Å². The molecule has 4 aromatic heterocycles. The number of aromatic nitrogens is 4. The zero-order chi connectivity index (χ0) is 34.9. The molecule has 11 aromatic rings. The van der Waals surface area contributed by atoms with Crippen LogP contribution in [-0.4, -0.2) is 18.9 Å². The summed E-state index contributed by atoms with van der Waals surface area (Å²) < 4.78 is 4.71. The fourth-order valence-electron chi connectivity index (χ4n) is 8.19. The van der Waals surface area contributed by atoms with Gasteiger partial charge < -0.3 is 9.30 Å². The molecule has 0 aliphatic carbocycles. The molecule has 0 saturated carbocycles. The van der Waals surface area contributed by atoms with Gasteiger partial charge in [-0.15, -0.1) is 0 Å². The number of rotatable bonds is 5. The van der Waals surface area contributed by atoms with Crippen LogP contribution in [0.1, 0.15) is 0 Å². The molecular formula is C48H31N5. The van der Waals surface area contributed by atoms with Crippen LogP contribution in [0, 0.1) is 0 Å². The van der Waals surface area contributed by atoms with E-state index in [2.05, 4.69) is 196 Å². The Hall–Kier alpha value is -7.24. The van der Waals surface area contributed by atoms with E-state index in [9.17, 15) is 0 Å². The Bertz CT molecular complexity index is 3120. The fourth-order valence-corrected chi connectivity index (χ4v) is 8.19. The average Bonchev–Trinajstić information content (AvgIpc) is 3.77. The molecule has 11 rings (SSSR count). The first-order valence-electron chi connectivity index (χ1n) is 17.9. The van der Waals surface area contributed by atoms with E-state index in [1.54, 1.807) is 0 Å². The van der Waals surface area contributed by atoms with E-state index < -0.39 is 0 Å². The predicted octanol–water partition coefficient (Wildman–Crippen LogP) is 12.4. The zero-order valence-corrected chi connectivity index (χ0v) is 28.6. The molecule has 0 N–H and O–H groups in total. The minimum Gasteiger partial charge on any atom is -0.310 e. The maximum absolute atomic E-state index is 5.39. The molecule has 0 aliphatic rings. The number of anilines is 3. The first kappa shape index (κ1) is 29.5. The lowest BCUT2D eigenvalue weighted by molar-refractivity contribution is 1.01. The lowest BCUT2D eigenvalue weighted by Crippen LogP contribution is -2.09. The van der Waals surface area contributed by atoms with E-state index in [1.165, 1.54) is 16.2 Å². The van der Waals surface area contributed by atoms with E-state index >= 15 is 0 Å². The number of fused-ring (bicyclic) bond motifs is 11. The average molecular weight is 678 g/mol. The van der Waals surface area contributed by atoms with Crippen molar-refractivity contribution in [3.8, 4) is 17.2 Å². The molecule has 0 spiro atoms. The summed E-state index contributed by atoms with van der Waals surface area (Å²) in [6.07, 6.45) is 0. The smallest absolute Gasteiger partial charge is 0.235 e. The molecule has 5 nitrogen and oxygen atoms in total. The molecule has 0 aliphatic heterocycles. The first-order valence-corrected chi connectivity index (χ1v) is 17.9. The minimum atomic E-state index is 0.641. The van der Waals surface area contributed by atoms with Gasteiger partial charge in [0.15, 0.2) is 0 Å². The maximum Gasteiger partial charge on any atom is 0.235 e. The highest BCUT2D eigenvalue weighted by Gasteiger charge is 2.24. The van der Waals surface area contributed by atoms with Crippen LogP contribution in [0.5, 0.6) is 0 Å². The molecule has 0 saturated heterocycles. The van der Waals surface area contributed by atoms with Gasteiger partial charge in [-0.25, -0.2) is 9.97 Å². The second kappa shape index (κ2) is 11.7. The van der Waals surface area contributed by atoms with Crippen molar-refractivity contribution in [2.75, 3.05) is 4.90 Å². The van der Waals surface area contributed by atoms with E-state index in [4.69, 9.17) is 9.97 Å². The summed E-state index contributed by atoms with van der Waals surface area (Å²) in [6.45, 7) is 0. The summed E-state index contributed by atoms with van der Waals surface area (Å²) in [5, 5.41) is 5.80. The lowest BCUT2D eigenvalue weighted by atomic mass is 10.0. The number of benzene rings is 7. The van der Waals surface area contributed by atoms with Gasteiger partial charge in [-0.2, -0.15) is 0 Å². The molecular weight excluding hydrogens is 647 g/mol. The standard InChI is InChI=1S/C48H31N5/c1-4-16-32(17-5-1)46-39-25-12-14-26-41(39)49-48(50-46)53-43-29-28-35(51(33-18-6-2-7-19-33)34-20-8-3-9-21-34)30-40(43)47-45(53)31-44-38-24-11-10-22-36(38)37-23-13-15-27-42(37)52(44)47/h1-31H. The maximum atomic E-state index is 5.39. The van der Waals surface area contributed by atoms with Gasteiger partial charge in [-0.3, -0.25) is 4.57 Å². The predicted molar refractivity (Wildman–Crippen MR) is 220 cm³/mol. The van der Waals surface area contributed by atoms with Crippen LogP contribution >= 0.6 is 0 Å². The van der Waals surface area contributed by atoms with Crippen LogP contribution in [-0.2, 0) is 0 Å². The van der Waals surface area contributed by atoms with Crippen LogP contribution in [0.4, 0.5) is 17.1 Å². The summed E-state index contributed by atoms with van der Waals surface area (Å²) in [5.41, 5.74) is 11.7. The fraction of sp³-hybridized carbons (Fsp3) is 0. The third-order valence-corrected chi connectivity index (χ3v) is 10.5. The Morgan fingerprint density at radius 3 is 1.68 bits per heavy atom. The Labute approximate surface area is 305 Å². The molecule has 4 heterocycles. The second-order valence-corrected chi connectivity index (χ2v) is 13.5. The normalized spacial score (nSPS) is 11.8. The van der Waals surface area contributed by atoms with E-state index in [1.807, 2.05) is 6.07 Å². The lowest BCUT2D eigenvalue weighted by Gasteiger charge is -2.25. The molecule has 0 amide bonds. The van der Waals surface area contributed by atoms with Crippen molar-refractivity contribution < 1.29 is 0 Å². The Morgan fingerprint density at radius 2 is 0.962 bits per heavy atom. The van der Waals surface area contributed by atoms with Crippen molar-refractivity contribution in [2.24, 2.45) is 0 Å². The highest BCUT2D eigenvalue weighted by Crippen LogP contribution is 2.43. The summed E-state index contributed by atoms with van der Waals surface area (Å²) in [6, 6.07) is 66.5. The molecule has 0 bridgehead atoms. The largest absolute Gasteiger partial charge is 0.310 e. The van der Waals surface area contributed by atoms with Gasteiger partial charge in [0.05, 0.1) is 38.8 Å². The number of hydrogen-bond donors (Lipinski definition) is 0. The minimum absolute atomic E-state index is 0.641. The van der Waals surface area contributed by atoms with Gasteiger partial charge >= 0.3 is 0 Å². The van der Waals surface area contributed by atoms with Crippen LogP contribution < -0.4 is 4.90 Å². The van der Waals surface area contributed by atoms with Gasteiger partial charge in [0.1, 0.15) is 0 Å².